The summed E-state index contributed by atoms with van der Waals surface area (Å²) in [5, 5.41) is 5.55. The third kappa shape index (κ3) is 8.45. The van der Waals surface area contributed by atoms with Gasteiger partial charge in [-0.15, -0.1) is 23.5 Å². The van der Waals surface area contributed by atoms with E-state index in [0.717, 1.165) is 36.3 Å². The zero-order chi connectivity index (χ0) is 31.4. The van der Waals surface area contributed by atoms with Crippen molar-refractivity contribution in [2.45, 2.75) is 94.8 Å². The Morgan fingerprint density at radius 2 is 1.36 bits per heavy atom. The van der Waals surface area contributed by atoms with Crippen molar-refractivity contribution in [1.29, 1.82) is 0 Å². The SMILES string of the molecule is CCCCCCSC1=CC(=O)CC(c2ccccc2)NC1=O.CCCCCCS[C@]12C(=O)NC(=O)[C@H]1C[C@@H]2c1ccccc1. The van der Waals surface area contributed by atoms with Gasteiger partial charge in [0.05, 0.1) is 16.9 Å². The van der Waals surface area contributed by atoms with Gasteiger partial charge in [-0.1, -0.05) is 113 Å². The van der Waals surface area contributed by atoms with Crippen LogP contribution in [0.15, 0.2) is 71.6 Å². The smallest absolute Gasteiger partial charge is 0.258 e. The quantitative estimate of drug-likeness (QED) is 0.165. The number of carbonyl (C=O) groups excluding carboxylic acids is 4. The fraction of sp³-hybridized carbons (Fsp3) is 0.500. The van der Waals surface area contributed by atoms with Crippen molar-refractivity contribution in [2.75, 3.05) is 11.5 Å². The third-order valence-corrected chi connectivity index (χ3v) is 11.5. The lowest BCUT2D eigenvalue weighted by molar-refractivity contribution is -0.125. The van der Waals surface area contributed by atoms with Crippen LogP contribution in [0.25, 0.3) is 0 Å². The molecule has 2 aromatic carbocycles. The molecule has 5 rings (SSSR count). The molecule has 2 fully saturated rings. The summed E-state index contributed by atoms with van der Waals surface area (Å²) in [6.45, 7) is 4.37. The van der Waals surface area contributed by atoms with Gasteiger partial charge in [-0.2, -0.15) is 0 Å². The fourth-order valence-electron chi connectivity index (χ4n) is 6.15. The Hall–Kier alpha value is -2.84. The molecule has 2 aliphatic heterocycles. The Morgan fingerprint density at radius 1 is 0.750 bits per heavy atom. The number of fused-ring (bicyclic) bond motifs is 1. The average molecular weight is 635 g/mol. The van der Waals surface area contributed by atoms with E-state index in [1.807, 2.05) is 48.5 Å². The van der Waals surface area contributed by atoms with E-state index in [0.29, 0.717) is 11.3 Å². The van der Waals surface area contributed by atoms with Crippen LogP contribution >= 0.6 is 23.5 Å². The number of thioether (sulfide) groups is 2. The standard InChI is InChI=1S/2C18H23NO2S/c1-2-3-4-8-11-22-18-14(13-9-6-5-7-10-13)12-15(18)16(20)19-17(18)21;1-2-3-4-8-11-22-17-13-15(20)12-16(19-18(17)21)14-9-6-5-7-10-14/h5-7,9-10,14-15H,2-4,8,11-12H2,1H3,(H,19,20,21);5-7,9-10,13,16H,2-4,8,11-12H2,1H3,(H,19,21)/t14-,15-,18+;/m1./s1. The minimum Gasteiger partial charge on any atom is -0.344 e. The summed E-state index contributed by atoms with van der Waals surface area (Å²) in [5.41, 5.74) is 2.16. The molecule has 3 amide bonds. The van der Waals surface area contributed by atoms with Crippen LogP contribution < -0.4 is 10.6 Å². The van der Waals surface area contributed by atoms with E-state index in [4.69, 9.17) is 0 Å². The molecule has 0 radical (unpaired) electrons. The number of imide groups is 1. The molecule has 4 atom stereocenters. The average Bonchev–Trinajstić information content (AvgIpc) is 3.10. The molecule has 2 heterocycles. The largest absolute Gasteiger partial charge is 0.344 e. The lowest BCUT2D eigenvalue weighted by Gasteiger charge is -2.48. The molecule has 1 saturated heterocycles. The summed E-state index contributed by atoms with van der Waals surface area (Å²) in [5.74, 6) is 1.63. The number of benzene rings is 2. The zero-order valence-electron chi connectivity index (χ0n) is 26.0. The molecular formula is C36H46N2O4S2. The topological polar surface area (TPSA) is 92.3 Å². The Bertz CT molecular complexity index is 1300. The second-order valence-electron chi connectivity index (χ2n) is 11.8. The van der Waals surface area contributed by atoms with Gasteiger partial charge in [-0.3, -0.25) is 24.5 Å². The van der Waals surface area contributed by atoms with Crippen molar-refractivity contribution in [3.8, 4) is 0 Å². The predicted octanol–water partition coefficient (Wildman–Crippen LogP) is 7.51. The van der Waals surface area contributed by atoms with Crippen molar-refractivity contribution < 1.29 is 19.2 Å². The molecule has 1 aliphatic carbocycles. The lowest BCUT2D eigenvalue weighted by Crippen LogP contribution is -2.54. The number of carbonyl (C=O) groups is 4. The molecule has 236 valence electrons. The van der Waals surface area contributed by atoms with Crippen LogP contribution in [0.3, 0.4) is 0 Å². The van der Waals surface area contributed by atoms with Gasteiger partial charge in [-0.25, -0.2) is 0 Å². The van der Waals surface area contributed by atoms with Crippen LogP contribution in [-0.4, -0.2) is 39.8 Å². The number of hydrogen-bond donors (Lipinski definition) is 2. The first kappa shape index (κ1) is 34.0. The van der Waals surface area contributed by atoms with Gasteiger partial charge >= 0.3 is 0 Å². The summed E-state index contributed by atoms with van der Waals surface area (Å²) in [6.07, 6.45) is 12.1. The van der Waals surface area contributed by atoms with Crippen molar-refractivity contribution >= 4 is 47.0 Å². The number of allylic oxidation sites excluding steroid dienone is 1. The summed E-state index contributed by atoms with van der Waals surface area (Å²) < 4.78 is -0.551. The van der Waals surface area contributed by atoms with Crippen LogP contribution in [-0.2, 0) is 19.2 Å². The van der Waals surface area contributed by atoms with Crippen molar-refractivity contribution in [1.82, 2.24) is 10.6 Å². The van der Waals surface area contributed by atoms with Gasteiger partial charge in [-0.05, 0) is 41.9 Å². The van der Waals surface area contributed by atoms with Gasteiger partial charge in [0.2, 0.25) is 11.8 Å². The first-order valence-corrected chi connectivity index (χ1v) is 18.1. The van der Waals surface area contributed by atoms with Crippen LogP contribution in [0.1, 0.15) is 101 Å². The molecule has 1 unspecified atom stereocenters. The highest BCUT2D eigenvalue weighted by molar-refractivity contribution is 8.04. The van der Waals surface area contributed by atoms with Crippen LogP contribution in [0.4, 0.5) is 0 Å². The van der Waals surface area contributed by atoms with E-state index in [1.165, 1.54) is 61.9 Å². The van der Waals surface area contributed by atoms with Crippen LogP contribution in [0.2, 0.25) is 0 Å². The fourth-order valence-corrected chi connectivity index (χ4v) is 8.83. The molecule has 2 N–H and O–H groups in total. The molecule has 3 aliphatic rings. The maximum Gasteiger partial charge on any atom is 0.258 e. The minimum atomic E-state index is -0.551. The highest BCUT2D eigenvalue weighted by Crippen LogP contribution is 2.61. The molecule has 6 nitrogen and oxygen atoms in total. The predicted molar refractivity (Wildman–Crippen MR) is 181 cm³/mol. The first-order valence-electron chi connectivity index (χ1n) is 16.2. The molecule has 0 bridgehead atoms. The second-order valence-corrected chi connectivity index (χ2v) is 14.3. The van der Waals surface area contributed by atoms with E-state index in [1.54, 1.807) is 11.8 Å². The Labute approximate surface area is 271 Å². The lowest BCUT2D eigenvalue weighted by atomic mass is 9.62. The normalized spacial score (nSPS) is 24.2. The molecule has 1 saturated carbocycles. The Kier molecular flexibility index (Phi) is 13.2. The maximum absolute atomic E-state index is 12.5. The molecule has 0 aromatic heterocycles. The van der Waals surface area contributed by atoms with E-state index in [-0.39, 0.29) is 41.4 Å². The number of unbranched alkanes of at least 4 members (excludes halogenated alkanes) is 6. The van der Waals surface area contributed by atoms with Crippen LogP contribution in [0, 0.1) is 5.92 Å². The number of nitrogens with one attached hydrogen (secondary N) is 2. The molecule has 44 heavy (non-hydrogen) atoms. The molecular weight excluding hydrogens is 589 g/mol. The van der Waals surface area contributed by atoms with Crippen molar-refractivity contribution in [3.63, 3.8) is 0 Å². The van der Waals surface area contributed by atoms with E-state index in [9.17, 15) is 19.2 Å². The van der Waals surface area contributed by atoms with Crippen molar-refractivity contribution in [2.24, 2.45) is 5.92 Å². The highest BCUT2D eigenvalue weighted by atomic mass is 32.2. The first-order chi connectivity index (χ1) is 21.4. The van der Waals surface area contributed by atoms with E-state index in [2.05, 4.69) is 36.6 Å². The molecule has 2 aromatic rings. The van der Waals surface area contributed by atoms with Crippen molar-refractivity contribution in [3.05, 3.63) is 82.8 Å². The monoisotopic (exact) mass is 634 g/mol. The van der Waals surface area contributed by atoms with Gasteiger partial charge in [0, 0.05) is 18.4 Å². The molecule has 0 spiro atoms. The summed E-state index contributed by atoms with van der Waals surface area (Å²) in [6, 6.07) is 19.6. The van der Waals surface area contributed by atoms with Gasteiger partial charge in [0.25, 0.3) is 5.91 Å². The molecule has 8 heteroatoms. The Morgan fingerprint density at radius 3 is 1.98 bits per heavy atom. The second kappa shape index (κ2) is 17.0. The zero-order valence-corrected chi connectivity index (χ0v) is 27.7. The highest BCUT2D eigenvalue weighted by Gasteiger charge is 2.67. The number of ketones is 1. The summed E-state index contributed by atoms with van der Waals surface area (Å²) in [7, 11) is 0. The Balaban J connectivity index is 0.000000201. The number of amides is 3. The maximum atomic E-state index is 12.5. The number of rotatable bonds is 14. The number of hydrogen-bond acceptors (Lipinski definition) is 6. The van der Waals surface area contributed by atoms with Crippen LogP contribution in [0.5, 0.6) is 0 Å². The van der Waals surface area contributed by atoms with Gasteiger partial charge in [0.15, 0.2) is 5.78 Å². The summed E-state index contributed by atoms with van der Waals surface area (Å²) in [4.78, 5) is 49.5. The third-order valence-electron chi connectivity index (χ3n) is 8.64. The van der Waals surface area contributed by atoms with Gasteiger partial charge < -0.3 is 5.32 Å². The van der Waals surface area contributed by atoms with E-state index < -0.39 is 4.75 Å². The van der Waals surface area contributed by atoms with Gasteiger partial charge in [0.1, 0.15) is 4.75 Å². The minimum absolute atomic E-state index is 0.0169. The van der Waals surface area contributed by atoms with E-state index >= 15 is 0 Å². The summed E-state index contributed by atoms with van der Waals surface area (Å²) >= 11 is 3.21.